The van der Waals surface area contributed by atoms with Gasteiger partial charge in [0.05, 0.1) is 13.4 Å². The molecule has 0 amide bonds. The number of hydrogen-bond donors (Lipinski definition) is 0. The van der Waals surface area contributed by atoms with E-state index in [2.05, 4.69) is 48.5 Å². The topological polar surface area (TPSA) is 22.4 Å². The molecular weight excluding hydrogens is 284 g/mol. The van der Waals surface area contributed by atoms with E-state index in [-0.39, 0.29) is 0 Å². The van der Waals surface area contributed by atoms with Crippen molar-refractivity contribution < 1.29 is 9.15 Å². The Hall–Kier alpha value is -3.00. The van der Waals surface area contributed by atoms with E-state index in [1.807, 2.05) is 12.1 Å². The molecule has 5 aromatic rings. The van der Waals surface area contributed by atoms with Gasteiger partial charge in [-0.1, -0.05) is 24.3 Å². The summed E-state index contributed by atoms with van der Waals surface area (Å²) in [5.41, 5.74) is 0.933. The van der Waals surface area contributed by atoms with Gasteiger partial charge in [-0.15, -0.1) is 0 Å². The molecule has 110 valence electrons. The van der Waals surface area contributed by atoms with Gasteiger partial charge in [0.2, 0.25) is 0 Å². The number of methoxy groups -OCH3 is 1. The average molecular weight is 298 g/mol. The van der Waals surface area contributed by atoms with Crippen molar-refractivity contribution >= 4 is 43.3 Å². The Morgan fingerprint density at radius 2 is 1.48 bits per heavy atom. The Kier molecular flexibility index (Phi) is 2.45. The van der Waals surface area contributed by atoms with Gasteiger partial charge in [0.25, 0.3) is 0 Å². The Labute approximate surface area is 132 Å². The van der Waals surface area contributed by atoms with Gasteiger partial charge in [-0.05, 0) is 68.7 Å². The molecule has 0 bridgehead atoms. The highest BCUT2D eigenvalue weighted by Gasteiger charge is 2.07. The molecule has 23 heavy (non-hydrogen) atoms. The molecule has 1 heterocycles. The van der Waals surface area contributed by atoms with Crippen LogP contribution in [-0.4, -0.2) is 7.11 Å². The van der Waals surface area contributed by atoms with Crippen molar-refractivity contribution in [3.8, 4) is 5.75 Å². The standard InChI is InChI=1S/C21H14O2/c1-22-16-4-2-13-12-20-14(10-15(13)11-16)3-5-17-18(20)6-7-21-19(17)8-9-23-21/h2-12H,1H3. The SMILES string of the molecule is COc1ccc2cc3c(ccc4c5ccoc5ccc34)cc2c1. The largest absolute Gasteiger partial charge is 0.497 e. The molecule has 0 fully saturated rings. The molecular formula is C21H14O2. The molecule has 0 aliphatic carbocycles. The quantitative estimate of drug-likeness (QED) is 0.284. The summed E-state index contributed by atoms with van der Waals surface area (Å²) in [4.78, 5) is 0. The van der Waals surface area contributed by atoms with Crippen LogP contribution in [-0.2, 0) is 0 Å². The van der Waals surface area contributed by atoms with Crippen LogP contribution in [0.3, 0.4) is 0 Å². The summed E-state index contributed by atoms with van der Waals surface area (Å²) in [6.07, 6.45) is 1.75. The lowest BCUT2D eigenvalue weighted by molar-refractivity contribution is 0.415. The van der Waals surface area contributed by atoms with E-state index in [0.717, 1.165) is 11.3 Å². The molecule has 1 aromatic heterocycles. The normalized spacial score (nSPS) is 11.7. The first-order valence-corrected chi connectivity index (χ1v) is 7.64. The highest BCUT2D eigenvalue weighted by Crippen LogP contribution is 2.34. The minimum atomic E-state index is 0.887. The zero-order valence-corrected chi connectivity index (χ0v) is 12.7. The first kappa shape index (κ1) is 12.5. The van der Waals surface area contributed by atoms with Gasteiger partial charge in [-0.3, -0.25) is 0 Å². The lowest BCUT2D eigenvalue weighted by atomic mass is 9.97. The van der Waals surface area contributed by atoms with Crippen molar-refractivity contribution in [3.05, 3.63) is 66.9 Å². The summed E-state index contributed by atoms with van der Waals surface area (Å²) < 4.78 is 10.9. The van der Waals surface area contributed by atoms with Crippen LogP contribution in [0.15, 0.2) is 71.3 Å². The third kappa shape index (κ3) is 1.75. The van der Waals surface area contributed by atoms with E-state index in [1.165, 1.54) is 37.7 Å². The molecule has 0 spiro atoms. The zero-order chi connectivity index (χ0) is 15.4. The highest BCUT2D eigenvalue weighted by atomic mass is 16.5. The van der Waals surface area contributed by atoms with Crippen LogP contribution >= 0.6 is 0 Å². The average Bonchev–Trinajstić information content (AvgIpc) is 3.08. The third-order valence-corrected chi connectivity index (χ3v) is 4.61. The Balaban J connectivity index is 1.94. The van der Waals surface area contributed by atoms with Gasteiger partial charge >= 0.3 is 0 Å². The lowest BCUT2D eigenvalue weighted by Crippen LogP contribution is -1.84. The second kappa shape index (κ2) is 4.50. The smallest absolute Gasteiger partial charge is 0.134 e. The monoisotopic (exact) mass is 298 g/mol. The Morgan fingerprint density at radius 1 is 0.652 bits per heavy atom. The molecule has 0 aliphatic rings. The van der Waals surface area contributed by atoms with Gasteiger partial charge in [0, 0.05) is 5.39 Å². The van der Waals surface area contributed by atoms with Crippen molar-refractivity contribution in [2.45, 2.75) is 0 Å². The van der Waals surface area contributed by atoms with Gasteiger partial charge in [-0.25, -0.2) is 0 Å². The van der Waals surface area contributed by atoms with Crippen LogP contribution in [0.5, 0.6) is 5.75 Å². The second-order valence-corrected chi connectivity index (χ2v) is 5.85. The van der Waals surface area contributed by atoms with Crippen LogP contribution in [0.4, 0.5) is 0 Å². The van der Waals surface area contributed by atoms with E-state index >= 15 is 0 Å². The molecule has 0 radical (unpaired) electrons. The van der Waals surface area contributed by atoms with Crippen LogP contribution in [0.2, 0.25) is 0 Å². The van der Waals surface area contributed by atoms with Crippen molar-refractivity contribution in [1.82, 2.24) is 0 Å². The fourth-order valence-corrected chi connectivity index (χ4v) is 3.45. The molecule has 4 aromatic carbocycles. The first-order chi connectivity index (χ1) is 11.3. The molecule has 2 nitrogen and oxygen atoms in total. The van der Waals surface area contributed by atoms with E-state index in [1.54, 1.807) is 13.4 Å². The molecule has 2 heteroatoms. The van der Waals surface area contributed by atoms with E-state index in [9.17, 15) is 0 Å². The summed E-state index contributed by atoms with van der Waals surface area (Å²) in [7, 11) is 1.70. The fourth-order valence-electron chi connectivity index (χ4n) is 3.45. The fraction of sp³-hybridized carbons (Fsp3) is 0.0476. The predicted molar refractivity (Wildman–Crippen MR) is 95.3 cm³/mol. The van der Waals surface area contributed by atoms with Crippen molar-refractivity contribution in [2.75, 3.05) is 7.11 Å². The Morgan fingerprint density at radius 3 is 2.39 bits per heavy atom. The minimum absolute atomic E-state index is 0.887. The molecule has 0 N–H and O–H groups in total. The summed E-state index contributed by atoms with van der Waals surface area (Å²) in [6.45, 7) is 0. The number of benzene rings is 4. The molecule has 5 rings (SSSR count). The van der Waals surface area contributed by atoms with E-state index < -0.39 is 0 Å². The van der Waals surface area contributed by atoms with Gasteiger partial charge < -0.3 is 9.15 Å². The van der Waals surface area contributed by atoms with Gasteiger partial charge in [-0.2, -0.15) is 0 Å². The predicted octanol–water partition coefficient (Wildman–Crippen LogP) is 5.90. The van der Waals surface area contributed by atoms with Crippen LogP contribution in [0.25, 0.3) is 43.3 Å². The third-order valence-electron chi connectivity index (χ3n) is 4.61. The maximum Gasteiger partial charge on any atom is 0.134 e. The zero-order valence-electron chi connectivity index (χ0n) is 12.7. The number of fused-ring (bicyclic) bond motifs is 6. The van der Waals surface area contributed by atoms with Crippen LogP contribution in [0.1, 0.15) is 0 Å². The molecule has 0 saturated heterocycles. The summed E-state index contributed by atoms with van der Waals surface area (Å²) in [5, 5.41) is 8.58. The van der Waals surface area contributed by atoms with Crippen molar-refractivity contribution in [2.24, 2.45) is 0 Å². The summed E-state index contributed by atoms with van der Waals surface area (Å²) in [6, 6.07) is 21.3. The van der Waals surface area contributed by atoms with E-state index in [4.69, 9.17) is 9.15 Å². The first-order valence-electron chi connectivity index (χ1n) is 7.64. The molecule has 0 atom stereocenters. The van der Waals surface area contributed by atoms with Crippen LogP contribution < -0.4 is 4.74 Å². The number of furan rings is 1. The maximum absolute atomic E-state index is 5.52. The lowest BCUT2D eigenvalue weighted by Gasteiger charge is -2.08. The number of rotatable bonds is 1. The second-order valence-electron chi connectivity index (χ2n) is 5.85. The minimum Gasteiger partial charge on any atom is -0.497 e. The summed E-state index contributed by atoms with van der Waals surface area (Å²) in [5.74, 6) is 0.887. The van der Waals surface area contributed by atoms with Gasteiger partial charge in [0.1, 0.15) is 11.3 Å². The van der Waals surface area contributed by atoms with Gasteiger partial charge in [0.15, 0.2) is 0 Å². The van der Waals surface area contributed by atoms with E-state index in [0.29, 0.717) is 0 Å². The van der Waals surface area contributed by atoms with Crippen molar-refractivity contribution in [3.63, 3.8) is 0 Å². The molecule has 0 saturated carbocycles. The molecule has 0 aliphatic heterocycles. The van der Waals surface area contributed by atoms with Crippen molar-refractivity contribution in [1.29, 1.82) is 0 Å². The highest BCUT2D eigenvalue weighted by molar-refractivity contribution is 6.18. The number of hydrogen-bond acceptors (Lipinski definition) is 2. The maximum atomic E-state index is 5.52. The Bertz CT molecular complexity index is 1200. The summed E-state index contributed by atoms with van der Waals surface area (Å²) >= 11 is 0. The molecule has 0 unspecified atom stereocenters. The number of ether oxygens (including phenoxy) is 1. The van der Waals surface area contributed by atoms with Crippen LogP contribution in [0, 0.1) is 0 Å².